The Morgan fingerprint density at radius 1 is 0.879 bits per heavy atom. The fourth-order valence-electron chi connectivity index (χ4n) is 3.10. The number of carbonyl (C=O) groups excluding carboxylic acids is 2. The Balaban J connectivity index is 1.40. The summed E-state index contributed by atoms with van der Waals surface area (Å²) >= 11 is 0. The molecular formula is C27H31N3O3. The van der Waals surface area contributed by atoms with E-state index in [4.69, 9.17) is 4.74 Å². The molecule has 3 aromatic rings. The molecule has 0 spiro atoms. The maximum Gasteiger partial charge on any atom is 0.251 e. The monoisotopic (exact) mass is 445 g/mol. The van der Waals surface area contributed by atoms with E-state index in [0.717, 1.165) is 24.3 Å². The van der Waals surface area contributed by atoms with Crippen LogP contribution in [0.4, 0.5) is 11.4 Å². The molecule has 2 amide bonds. The zero-order valence-corrected chi connectivity index (χ0v) is 19.1. The maximum atomic E-state index is 12.3. The van der Waals surface area contributed by atoms with Crippen LogP contribution in [0, 0.1) is 0 Å². The van der Waals surface area contributed by atoms with Gasteiger partial charge in [-0.1, -0.05) is 37.3 Å². The number of rotatable bonds is 11. The van der Waals surface area contributed by atoms with Gasteiger partial charge in [0.15, 0.2) is 0 Å². The summed E-state index contributed by atoms with van der Waals surface area (Å²) < 4.78 is 5.78. The van der Waals surface area contributed by atoms with E-state index in [-0.39, 0.29) is 24.4 Å². The molecule has 0 aliphatic heterocycles. The Morgan fingerprint density at radius 2 is 1.55 bits per heavy atom. The van der Waals surface area contributed by atoms with Crippen molar-refractivity contribution in [3.05, 3.63) is 90.0 Å². The van der Waals surface area contributed by atoms with E-state index in [1.54, 1.807) is 24.3 Å². The molecule has 3 N–H and O–H groups in total. The lowest BCUT2D eigenvalue weighted by Gasteiger charge is -2.12. The average Bonchev–Trinajstić information content (AvgIpc) is 2.84. The third kappa shape index (κ3) is 8.00. The fourth-order valence-corrected chi connectivity index (χ4v) is 3.10. The lowest BCUT2D eigenvalue weighted by Crippen LogP contribution is -2.31. The quantitative estimate of drug-likeness (QED) is 0.393. The third-order valence-corrected chi connectivity index (χ3v) is 5.23. The van der Waals surface area contributed by atoms with Crippen LogP contribution in [0.25, 0.3) is 0 Å². The van der Waals surface area contributed by atoms with Crippen LogP contribution in [0.15, 0.2) is 78.9 Å². The van der Waals surface area contributed by atoms with Crippen molar-refractivity contribution in [2.75, 3.05) is 23.8 Å². The number of nitrogens with one attached hydrogen (secondary N) is 3. The molecule has 33 heavy (non-hydrogen) atoms. The highest BCUT2D eigenvalue weighted by Crippen LogP contribution is 2.16. The second kappa shape index (κ2) is 12.3. The van der Waals surface area contributed by atoms with Crippen molar-refractivity contribution in [3.8, 4) is 5.75 Å². The van der Waals surface area contributed by atoms with Crippen LogP contribution < -0.4 is 20.7 Å². The second-order valence-electron chi connectivity index (χ2n) is 7.87. The highest BCUT2D eigenvalue weighted by molar-refractivity contribution is 5.95. The first-order valence-electron chi connectivity index (χ1n) is 11.2. The van der Waals surface area contributed by atoms with Crippen LogP contribution >= 0.6 is 0 Å². The summed E-state index contributed by atoms with van der Waals surface area (Å²) in [6.07, 6.45) is 1.72. The van der Waals surface area contributed by atoms with Crippen molar-refractivity contribution in [2.45, 2.75) is 32.7 Å². The van der Waals surface area contributed by atoms with Crippen molar-refractivity contribution in [1.29, 1.82) is 0 Å². The summed E-state index contributed by atoms with van der Waals surface area (Å²) in [6.45, 7) is 4.71. The van der Waals surface area contributed by atoms with Gasteiger partial charge in [0.1, 0.15) is 5.75 Å². The zero-order chi connectivity index (χ0) is 23.5. The zero-order valence-electron chi connectivity index (χ0n) is 19.1. The smallest absolute Gasteiger partial charge is 0.251 e. The molecule has 3 aromatic carbocycles. The molecule has 0 fully saturated rings. The Morgan fingerprint density at radius 3 is 2.21 bits per heavy atom. The summed E-state index contributed by atoms with van der Waals surface area (Å²) in [5.74, 6) is 0.506. The first kappa shape index (κ1) is 23.9. The number of hydrogen-bond acceptors (Lipinski definition) is 4. The van der Waals surface area contributed by atoms with E-state index >= 15 is 0 Å². The van der Waals surface area contributed by atoms with E-state index in [1.165, 1.54) is 5.56 Å². The molecule has 0 aliphatic rings. The molecule has 0 saturated carbocycles. The molecule has 0 aliphatic carbocycles. The Kier molecular flexibility index (Phi) is 8.88. The molecule has 6 nitrogen and oxygen atoms in total. The summed E-state index contributed by atoms with van der Waals surface area (Å²) in [4.78, 5) is 24.4. The summed E-state index contributed by atoms with van der Waals surface area (Å²) in [5, 5.41) is 8.86. The van der Waals surface area contributed by atoms with Crippen LogP contribution in [-0.2, 0) is 11.2 Å². The highest BCUT2D eigenvalue weighted by Gasteiger charge is 2.09. The van der Waals surface area contributed by atoms with Gasteiger partial charge in [0.05, 0.1) is 13.2 Å². The fraction of sp³-hybridized carbons (Fsp3) is 0.259. The first-order valence-corrected chi connectivity index (χ1v) is 11.2. The van der Waals surface area contributed by atoms with Gasteiger partial charge in [-0.25, -0.2) is 0 Å². The summed E-state index contributed by atoms with van der Waals surface area (Å²) in [7, 11) is 0. The average molecular weight is 446 g/mol. The predicted molar refractivity (Wildman–Crippen MR) is 133 cm³/mol. The van der Waals surface area contributed by atoms with Gasteiger partial charge >= 0.3 is 0 Å². The van der Waals surface area contributed by atoms with Crippen LogP contribution in [0.2, 0.25) is 0 Å². The Bertz CT molecular complexity index is 1020. The number of ether oxygens (including phenoxy) is 1. The van der Waals surface area contributed by atoms with Gasteiger partial charge in [-0.2, -0.15) is 0 Å². The maximum absolute atomic E-state index is 12.3. The molecule has 0 radical (unpaired) electrons. The van der Waals surface area contributed by atoms with Gasteiger partial charge in [0.25, 0.3) is 5.91 Å². The lowest BCUT2D eigenvalue weighted by molar-refractivity contribution is -0.114. The minimum atomic E-state index is -0.161. The van der Waals surface area contributed by atoms with Gasteiger partial charge in [0, 0.05) is 29.4 Å². The van der Waals surface area contributed by atoms with E-state index in [9.17, 15) is 9.59 Å². The molecule has 6 heteroatoms. The molecule has 1 atom stereocenters. The van der Waals surface area contributed by atoms with E-state index < -0.39 is 0 Å². The van der Waals surface area contributed by atoms with Crippen molar-refractivity contribution in [3.63, 3.8) is 0 Å². The van der Waals surface area contributed by atoms with Crippen molar-refractivity contribution in [2.24, 2.45) is 0 Å². The van der Waals surface area contributed by atoms with E-state index in [1.807, 2.05) is 56.3 Å². The van der Waals surface area contributed by atoms with E-state index in [2.05, 4.69) is 28.1 Å². The van der Waals surface area contributed by atoms with E-state index in [0.29, 0.717) is 17.9 Å². The molecule has 3 rings (SSSR count). The van der Waals surface area contributed by atoms with Crippen LogP contribution in [0.1, 0.15) is 36.2 Å². The van der Waals surface area contributed by atoms with Gasteiger partial charge in [-0.15, -0.1) is 0 Å². The molecule has 0 bridgehead atoms. The molecule has 0 saturated heterocycles. The summed E-state index contributed by atoms with van der Waals surface area (Å²) in [5.41, 5.74) is 3.30. The first-order chi connectivity index (χ1) is 16.0. The number of hydrogen-bond donors (Lipinski definition) is 3. The standard InChI is InChI=1S/C27H31N3O3/c1-3-20(2)29-27(32)22-9-11-23(12-10-22)28-19-26(31)30-24-13-15-25(16-14-24)33-18-17-21-7-5-4-6-8-21/h4-16,20,28H,3,17-19H2,1-2H3,(H,29,32)(H,30,31). The number of benzene rings is 3. The highest BCUT2D eigenvalue weighted by atomic mass is 16.5. The van der Waals surface area contributed by atoms with Crippen LogP contribution in [-0.4, -0.2) is 31.0 Å². The lowest BCUT2D eigenvalue weighted by atomic mass is 10.1. The molecule has 172 valence electrons. The van der Waals surface area contributed by atoms with Gasteiger partial charge in [-0.3, -0.25) is 9.59 Å². The minimum absolute atomic E-state index is 0.0962. The molecule has 0 heterocycles. The second-order valence-corrected chi connectivity index (χ2v) is 7.87. The number of amides is 2. The number of carbonyl (C=O) groups is 2. The van der Waals surface area contributed by atoms with Crippen LogP contribution in [0.3, 0.4) is 0 Å². The van der Waals surface area contributed by atoms with Crippen molar-refractivity contribution < 1.29 is 14.3 Å². The topological polar surface area (TPSA) is 79.5 Å². The van der Waals surface area contributed by atoms with Crippen molar-refractivity contribution in [1.82, 2.24) is 5.32 Å². The van der Waals surface area contributed by atoms with Crippen LogP contribution in [0.5, 0.6) is 5.75 Å². The van der Waals surface area contributed by atoms with Crippen molar-refractivity contribution >= 4 is 23.2 Å². The minimum Gasteiger partial charge on any atom is -0.493 e. The molecule has 1 unspecified atom stereocenters. The van der Waals surface area contributed by atoms with Gasteiger partial charge < -0.3 is 20.7 Å². The molecule has 0 aromatic heterocycles. The van der Waals surface area contributed by atoms with Gasteiger partial charge in [0.2, 0.25) is 5.91 Å². The Labute approximate surface area is 195 Å². The third-order valence-electron chi connectivity index (χ3n) is 5.23. The predicted octanol–water partition coefficient (Wildman–Crippen LogP) is 4.89. The number of anilines is 2. The summed E-state index contributed by atoms with van der Waals surface area (Å²) in [6, 6.07) is 24.7. The SMILES string of the molecule is CCC(C)NC(=O)c1ccc(NCC(=O)Nc2ccc(OCCc3ccccc3)cc2)cc1. The normalized spacial score (nSPS) is 11.3. The largest absolute Gasteiger partial charge is 0.493 e. The van der Waals surface area contributed by atoms with Gasteiger partial charge in [-0.05, 0) is 67.4 Å². The molecular weight excluding hydrogens is 414 g/mol. The Hall–Kier alpha value is -3.80.